The van der Waals surface area contributed by atoms with Gasteiger partial charge in [-0.3, -0.25) is 0 Å². The van der Waals surface area contributed by atoms with Gasteiger partial charge >= 0.3 is 13.2 Å². The maximum Gasteiger partial charge on any atom is 0.491 e. The van der Waals surface area contributed by atoms with Crippen molar-refractivity contribution < 1.29 is 19.2 Å². The Morgan fingerprint density at radius 1 is 1.20 bits per heavy atom. The minimum atomic E-state index is -0.977. The van der Waals surface area contributed by atoms with Crippen molar-refractivity contribution in [1.29, 1.82) is 0 Å². The van der Waals surface area contributed by atoms with Gasteiger partial charge in [-0.25, -0.2) is 4.79 Å². The molecule has 0 atom stereocenters. The van der Waals surface area contributed by atoms with Gasteiger partial charge in [-0.1, -0.05) is 0 Å². The van der Waals surface area contributed by atoms with E-state index in [2.05, 4.69) is 6.58 Å². The highest BCUT2D eigenvalue weighted by atomic mass is 16.7. The maximum absolute atomic E-state index is 11.4. The zero-order valence-corrected chi connectivity index (χ0v) is 13.6. The van der Waals surface area contributed by atoms with Crippen molar-refractivity contribution in [2.45, 2.75) is 65.2 Å². The molecule has 1 rings (SSSR count). The summed E-state index contributed by atoms with van der Waals surface area (Å²) in [6.45, 7) is 17.5. The van der Waals surface area contributed by atoms with Crippen LogP contribution in [0, 0.1) is 0 Å². The predicted molar refractivity (Wildman–Crippen MR) is 79.7 cm³/mol. The Hall–Kier alpha value is -1.01. The van der Waals surface area contributed by atoms with E-state index in [9.17, 15) is 9.90 Å². The molecular formula is C14H26BNO4. The lowest BCUT2D eigenvalue weighted by atomic mass is 9.78. The Balaban J connectivity index is 2.81. The summed E-state index contributed by atoms with van der Waals surface area (Å²) in [7, 11) is -0.579. The largest absolute Gasteiger partial charge is 0.491 e. The zero-order valence-electron chi connectivity index (χ0n) is 13.6. The van der Waals surface area contributed by atoms with Crippen LogP contribution in [-0.4, -0.2) is 46.5 Å². The first-order valence-electron chi connectivity index (χ1n) is 6.82. The lowest BCUT2D eigenvalue weighted by molar-refractivity contribution is 0.00578. The highest BCUT2D eigenvalue weighted by Crippen LogP contribution is 2.38. The maximum atomic E-state index is 11.4. The van der Waals surface area contributed by atoms with Crippen LogP contribution in [0.25, 0.3) is 0 Å². The molecule has 1 heterocycles. The molecule has 0 bridgehead atoms. The molecule has 0 unspecified atom stereocenters. The monoisotopic (exact) mass is 283 g/mol. The van der Waals surface area contributed by atoms with Gasteiger partial charge in [0.25, 0.3) is 0 Å². The van der Waals surface area contributed by atoms with E-state index in [1.165, 1.54) is 4.90 Å². The summed E-state index contributed by atoms with van der Waals surface area (Å²) in [4.78, 5) is 12.7. The van der Waals surface area contributed by atoms with Crippen molar-refractivity contribution in [3.8, 4) is 0 Å². The van der Waals surface area contributed by atoms with Gasteiger partial charge < -0.3 is 19.3 Å². The van der Waals surface area contributed by atoms with E-state index >= 15 is 0 Å². The first-order chi connectivity index (χ1) is 8.78. The normalized spacial score (nSPS) is 20.9. The average Bonchev–Trinajstić information content (AvgIpc) is 2.42. The summed E-state index contributed by atoms with van der Waals surface area (Å²) >= 11 is 0. The highest BCUT2D eigenvalue weighted by Gasteiger charge is 2.52. The molecule has 114 valence electrons. The van der Waals surface area contributed by atoms with Crippen molar-refractivity contribution in [2.24, 2.45) is 0 Å². The van der Waals surface area contributed by atoms with Crippen molar-refractivity contribution >= 4 is 13.2 Å². The fourth-order valence-corrected chi connectivity index (χ4v) is 1.88. The average molecular weight is 283 g/mol. The van der Waals surface area contributed by atoms with Crippen molar-refractivity contribution in [1.82, 2.24) is 4.90 Å². The van der Waals surface area contributed by atoms with Crippen LogP contribution >= 0.6 is 0 Å². The van der Waals surface area contributed by atoms with E-state index in [0.717, 1.165) is 0 Å². The summed E-state index contributed by atoms with van der Waals surface area (Å²) in [5.74, 6) is 0. The first kappa shape index (κ1) is 17.0. The number of hydrogen-bond acceptors (Lipinski definition) is 3. The number of hydrogen-bond donors (Lipinski definition) is 1. The summed E-state index contributed by atoms with van der Waals surface area (Å²) in [5.41, 5.74) is -0.786. The van der Waals surface area contributed by atoms with Crippen molar-refractivity contribution in [3.63, 3.8) is 0 Å². The number of carboxylic acid groups (broad SMARTS) is 1. The molecule has 0 aliphatic carbocycles. The van der Waals surface area contributed by atoms with Crippen molar-refractivity contribution in [2.75, 3.05) is 6.54 Å². The molecular weight excluding hydrogens is 257 g/mol. The second-order valence-electron chi connectivity index (χ2n) is 7.29. The second-order valence-corrected chi connectivity index (χ2v) is 7.29. The van der Waals surface area contributed by atoms with Crippen LogP contribution in [0.15, 0.2) is 12.1 Å². The van der Waals surface area contributed by atoms with Crippen LogP contribution in [0.5, 0.6) is 0 Å². The van der Waals surface area contributed by atoms with Gasteiger partial charge in [0.1, 0.15) is 0 Å². The minimum absolute atomic E-state index is 0.190. The number of amides is 1. The van der Waals surface area contributed by atoms with E-state index in [0.29, 0.717) is 5.47 Å². The van der Waals surface area contributed by atoms with Crippen LogP contribution in [0.3, 0.4) is 0 Å². The summed E-state index contributed by atoms with van der Waals surface area (Å²) < 4.78 is 11.8. The standard InChI is InChI=1S/C14H26BNO4/c1-10(9-16(11(17)18)12(2,3)4)15-19-13(5,6)14(7,8)20-15/h1,9H2,2-8H3,(H,17,18). The van der Waals surface area contributed by atoms with E-state index in [1.54, 1.807) is 0 Å². The summed E-state index contributed by atoms with van der Waals surface area (Å²) in [6.07, 6.45) is -0.977. The molecule has 20 heavy (non-hydrogen) atoms. The first-order valence-corrected chi connectivity index (χ1v) is 6.82. The minimum Gasteiger partial charge on any atom is -0.465 e. The topological polar surface area (TPSA) is 59.0 Å². The molecule has 0 spiro atoms. The van der Waals surface area contributed by atoms with E-state index < -0.39 is 30.0 Å². The molecule has 6 heteroatoms. The fraction of sp³-hybridized carbons (Fsp3) is 0.786. The quantitative estimate of drug-likeness (QED) is 0.809. The molecule has 0 aromatic rings. The van der Waals surface area contributed by atoms with Gasteiger partial charge in [0.2, 0.25) is 0 Å². The molecule has 5 nitrogen and oxygen atoms in total. The van der Waals surface area contributed by atoms with Crippen LogP contribution < -0.4 is 0 Å². The summed E-state index contributed by atoms with van der Waals surface area (Å²) in [6, 6.07) is 0. The third kappa shape index (κ3) is 3.36. The molecule has 1 saturated heterocycles. The Labute approximate surface area is 122 Å². The van der Waals surface area contributed by atoms with Crippen LogP contribution in [-0.2, 0) is 9.31 Å². The Bertz CT molecular complexity index is 396. The number of nitrogens with zero attached hydrogens (tertiary/aromatic N) is 1. The molecule has 1 fully saturated rings. The zero-order chi connectivity index (χ0) is 15.9. The third-order valence-electron chi connectivity index (χ3n) is 3.99. The van der Waals surface area contributed by atoms with Crippen LogP contribution in [0.2, 0.25) is 0 Å². The van der Waals surface area contributed by atoms with E-state index in [-0.39, 0.29) is 6.54 Å². The highest BCUT2D eigenvalue weighted by molar-refractivity contribution is 6.54. The Kier molecular flexibility index (Phi) is 4.33. The second kappa shape index (κ2) is 5.08. The Morgan fingerprint density at radius 2 is 1.60 bits per heavy atom. The number of rotatable bonds is 3. The van der Waals surface area contributed by atoms with E-state index in [1.807, 2.05) is 48.5 Å². The molecule has 1 aliphatic rings. The fourth-order valence-electron chi connectivity index (χ4n) is 1.88. The molecule has 0 radical (unpaired) electrons. The van der Waals surface area contributed by atoms with E-state index in [4.69, 9.17) is 9.31 Å². The smallest absolute Gasteiger partial charge is 0.465 e. The van der Waals surface area contributed by atoms with Crippen LogP contribution in [0.1, 0.15) is 48.5 Å². The van der Waals surface area contributed by atoms with Crippen LogP contribution in [0.4, 0.5) is 4.79 Å². The molecule has 1 N–H and O–H groups in total. The SMILES string of the molecule is C=C(CN(C(=O)O)C(C)(C)C)B1OC(C)(C)C(C)(C)O1. The lowest BCUT2D eigenvalue weighted by Crippen LogP contribution is -2.47. The van der Waals surface area contributed by atoms with Gasteiger partial charge in [0, 0.05) is 12.1 Å². The van der Waals surface area contributed by atoms with Crippen molar-refractivity contribution in [3.05, 3.63) is 12.1 Å². The van der Waals surface area contributed by atoms with Gasteiger partial charge in [-0.15, -0.1) is 6.58 Å². The predicted octanol–water partition coefficient (Wildman–Crippen LogP) is 2.95. The summed E-state index contributed by atoms with van der Waals surface area (Å²) in [5, 5.41) is 9.31. The lowest BCUT2D eigenvalue weighted by Gasteiger charge is -2.34. The molecule has 1 amide bonds. The molecule has 0 saturated carbocycles. The van der Waals surface area contributed by atoms with Gasteiger partial charge in [-0.05, 0) is 53.9 Å². The Morgan fingerprint density at radius 3 is 1.90 bits per heavy atom. The molecule has 0 aromatic carbocycles. The third-order valence-corrected chi connectivity index (χ3v) is 3.99. The van der Waals surface area contributed by atoms with Gasteiger partial charge in [-0.2, -0.15) is 0 Å². The molecule has 0 aromatic heterocycles. The number of carbonyl (C=O) groups is 1. The van der Waals surface area contributed by atoms with Gasteiger partial charge in [0.05, 0.1) is 11.2 Å². The van der Waals surface area contributed by atoms with Gasteiger partial charge in [0.15, 0.2) is 0 Å². The molecule has 1 aliphatic heterocycles.